The molecule has 0 saturated heterocycles. The number of guanidine groups is 1. The second-order valence-corrected chi connectivity index (χ2v) is 6.43. The lowest BCUT2D eigenvalue weighted by molar-refractivity contribution is 0.232. The van der Waals surface area contributed by atoms with Gasteiger partial charge in [0.1, 0.15) is 0 Å². The van der Waals surface area contributed by atoms with Crippen LogP contribution in [0.3, 0.4) is 0 Å². The van der Waals surface area contributed by atoms with Gasteiger partial charge < -0.3 is 24.8 Å². The van der Waals surface area contributed by atoms with Gasteiger partial charge in [0.05, 0.1) is 19.3 Å². The Morgan fingerprint density at radius 1 is 1.18 bits per heavy atom. The first-order chi connectivity index (χ1) is 13.1. The minimum absolute atomic E-state index is 0. The number of aliphatic imine (C=N–C) groups is 1. The van der Waals surface area contributed by atoms with Crippen molar-refractivity contribution in [2.24, 2.45) is 4.99 Å². The van der Waals surface area contributed by atoms with E-state index in [1.165, 1.54) is 0 Å². The van der Waals surface area contributed by atoms with E-state index in [0.29, 0.717) is 31.6 Å². The van der Waals surface area contributed by atoms with Crippen LogP contribution in [0.25, 0.3) is 0 Å². The summed E-state index contributed by atoms with van der Waals surface area (Å²) in [6.45, 7) is 5.89. The molecule has 1 aliphatic heterocycles. The summed E-state index contributed by atoms with van der Waals surface area (Å²) >= 11 is 0. The summed E-state index contributed by atoms with van der Waals surface area (Å²) < 4.78 is 16.9. The lowest BCUT2D eigenvalue weighted by Crippen LogP contribution is -2.30. The Morgan fingerprint density at radius 3 is 2.64 bits per heavy atom. The molecular formula is C20H27IN4O3. The number of ether oxygens (including phenoxy) is 3. The van der Waals surface area contributed by atoms with Gasteiger partial charge in [0, 0.05) is 44.0 Å². The highest BCUT2D eigenvalue weighted by molar-refractivity contribution is 14.0. The molecule has 28 heavy (non-hydrogen) atoms. The molecule has 0 amide bonds. The van der Waals surface area contributed by atoms with Gasteiger partial charge in [-0.15, -0.1) is 24.0 Å². The van der Waals surface area contributed by atoms with Crippen LogP contribution in [0.4, 0.5) is 5.69 Å². The van der Waals surface area contributed by atoms with Gasteiger partial charge in [-0.1, -0.05) is 6.07 Å². The number of benzene rings is 1. The van der Waals surface area contributed by atoms with Gasteiger partial charge in [-0.25, -0.2) is 4.98 Å². The average Bonchev–Trinajstić information content (AvgIpc) is 2.90. The molecule has 7 nitrogen and oxygen atoms in total. The third-order valence-corrected chi connectivity index (χ3v) is 3.85. The summed E-state index contributed by atoms with van der Waals surface area (Å²) in [6.07, 6.45) is 2.79. The van der Waals surface area contributed by atoms with Gasteiger partial charge in [-0.05, 0) is 31.5 Å². The van der Waals surface area contributed by atoms with E-state index in [2.05, 4.69) is 20.6 Å². The Kier molecular flexibility index (Phi) is 8.62. The Labute approximate surface area is 182 Å². The van der Waals surface area contributed by atoms with E-state index in [1.807, 2.05) is 44.2 Å². The maximum absolute atomic E-state index is 5.73. The fraction of sp³-hybridized carbons (Fsp3) is 0.400. The molecule has 0 spiro atoms. The first-order valence-corrected chi connectivity index (χ1v) is 9.13. The summed E-state index contributed by atoms with van der Waals surface area (Å²) in [5.74, 6) is 2.81. The van der Waals surface area contributed by atoms with Gasteiger partial charge >= 0.3 is 0 Å². The summed E-state index contributed by atoms with van der Waals surface area (Å²) in [5.41, 5.74) is 1.92. The lowest BCUT2D eigenvalue weighted by Gasteiger charge is -2.14. The minimum atomic E-state index is 0. The van der Waals surface area contributed by atoms with Crippen molar-refractivity contribution in [1.29, 1.82) is 0 Å². The highest BCUT2D eigenvalue weighted by Crippen LogP contribution is 2.32. The summed E-state index contributed by atoms with van der Waals surface area (Å²) in [7, 11) is 1.73. The molecule has 0 saturated carbocycles. The molecule has 152 valence electrons. The number of pyridine rings is 1. The van der Waals surface area contributed by atoms with Crippen LogP contribution in [0.5, 0.6) is 17.4 Å². The lowest BCUT2D eigenvalue weighted by atomic mass is 10.2. The van der Waals surface area contributed by atoms with Gasteiger partial charge in [0.2, 0.25) is 5.88 Å². The van der Waals surface area contributed by atoms with Crippen molar-refractivity contribution < 1.29 is 14.2 Å². The van der Waals surface area contributed by atoms with Crippen LogP contribution in [-0.2, 0) is 6.54 Å². The number of hydrogen-bond donors (Lipinski definition) is 2. The molecule has 0 radical (unpaired) electrons. The smallest absolute Gasteiger partial charge is 0.213 e. The van der Waals surface area contributed by atoms with E-state index in [9.17, 15) is 0 Å². The second kappa shape index (κ2) is 10.9. The van der Waals surface area contributed by atoms with Crippen LogP contribution in [-0.4, -0.2) is 37.3 Å². The second-order valence-electron chi connectivity index (χ2n) is 6.43. The number of hydrogen-bond acceptors (Lipinski definition) is 5. The zero-order valence-corrected chi connectivity index (χ0v) is 18.7. The maximum atomic E-state index is 5.73. The van der Waals surface area contributed by atoms with Crippen molar-refractivity contribution in [3.8, 4) is 17.4 Å². The predicted molar refractivity (Wildman–Crippen MR) is 121 cm³/mol. The molecule has 0 unspecified atom stereocenters. The Hall–Kier alpha value is -2.23. The molecule has 0 atom stereocenters. The zero-order valence-electron chi connectivity index (χ0n) is 16.4. The van der Waals surface area contributed by atoms with Crippen molar-refractivity contribution in [3.63, 3.8) is 0 Å². The average molecular weight is 498 g/mol. The molecule has 3 rings (SSSR count). The molecule has 2 heterocycles. The van der Waals surface area contributed by atoms with E-state index in [4.69, 9.17) is 14.2 Å². The SMILES string of the molecule is CN=C(NCc1ccc(OC(C)C)nc1)Nc1ccc2c(c1)OCCCO2.I. The topological polar surface area (TPSA) is 77.0 Å². The van der Waals surface area contributed by atoms with Crippen molar-refractivity contribution in [2.75, 3.05) is 25.6 Å². The molecule has 2 N–H and O–H groups in total. The van der Waals surface area contributed by atoms with Crippen LogP contribution >= 0.6 is 24.0 Å². The van der Waals surface area contributed by atoms with Crippen molar-refractivity contribution in [1.82, 2.24) is 10.3 Å². The number of aromatic nitrogens is 1. The number of anilines is 1. The van der Waals surface area contributed by atoms with E-state index < -0.39 is 0 Å². The molecular weight excluding hydrogens is 471 g/mol. The highest BCUT2D eigenvalue weighted by atomic mass is 127. The summed E-state index contributed by atoms with van der Waals surface area (Å²) in [6, 6.07) is 9.64. The zero-order chi connectivity index (χ0) is 19.1. The number of nitrogens with zero attached hydrogens (tertiary/aromatic N) is 2. The van der Waals surface area contributed by atoms with Crippen LogP contribution < -0.4 is 24.8 Å². The van der Waals surface area contributed by atoms with Crippen LogP contribution in [0.15, 0.2) is 41.5 Å². The minimum Gasteiger partial charge on any atom is -0.490 e. The molecule has 0 aliphatic carbocycles. The molecule has 8 heteroatoms. The van der Waals surface area contributed by atoms with E-state index in [0.717, 1.165) is 29.2 Å². The fourth-order valence-electron chi connectivity index (χ4n) is 2.57. The highest BCUT2D eigenvalue weighted by Gasteiger charge is 2.11. The Morgan fingerprint density at radius 2 is 1.96 bits per heavy atom. The van der Waals surface area contributed by atoms with Crippen LogP contribution in [0.1, 0.15) is 25.8 Å². The largest absolute Gasteiger partial charge is 0.490 e. The van der Waals surface area contributed by atoms with E-state index in [-0.39, 0.29) is 30.1 Å². The first kappa shape index (κ1) is 22.1. The van der Waals surface area contributed by atoms with Crippen LogP contribution in [0, 0.1) is 0 Å². The number of nitrogens with one attached hydrogen (secondary N) is 2. The quantitative estimate of drug-likeness (QED) is 0.371. The molecule has 1 aromatic heterocycles. The van der Waals surface area contributed by atoms with Gasteiger partial charge in [-0.2, -0.15) is 0 Å². The Balaban J connectivity index is 0.00000280. The van der Waals surface area contributed by atoms with E-state index in [1.54, 1.807) is 13.2 Å². The van der Waals surface area contributed by atoms with Gasteiger partial charge in [0.25, 0.3) is 0 Å². The van der Waals surface area contributed by atoms with Gasteiger partial charge in [-0.3, -0.25) is 4.99 Å². The van der Waals surface area contributed by atoms with E-state index >= 15 is 0 Å². The molecule has 0 fully saturated rings. The van der Waals surface area contributed by atoms with Crippen molar-refractivity contribution in [3.05, 3.63) is 42.1 Å². The monoisotopic (exact) mass is 498 g/mol. The molecule has 2 aromatic rings. The van der Waals surface area contributed by atoms with Crippen molar-refractivity contribution in [2.45, 2.75) is 32.9 Å². The fourth-order valence-corrected chi connectivity index (χ4v) is 2.57. The standard InChI is InChI=1S/C20H26N4O3.HI/c1-14(2)27-19-8-5-15(12-22-19)13-23-20(21-3)24-16-6-7-17-18(11-16)26-10-4-9-25-17;/h5-8,11-12,14H,4,9-10,13H2,1-3H3,(H2,21,23,24);1H. The molecule has 1 aliphatic rings. The normalized spacial score (nSPS) is 13.4. The summed E-state index contributed by atoms with van der Waals surface area (Å²) in [4.78, 5) is 8.57. The number of fused-ring (bicyclic) bond motifs is 1. The third-order valence-electron chi connectivity index (χ3n) is 3.85. The Bertz CT molecular complexity index is 782. The third kappa shape index (κ3) is 6.43. The van der Waals surface area contributed by atoms with Crippen LogP contribution in [0.2, 0.25) is 0 Å². The predicted octanol–water partition coefficient (Wildman–Crippen LogP) is 3.84. The van der Waals surface area contributed by atoms with Gasteiger partial charge in [0.15, 0.2) is 17.5 Å². The van der Waals surface area contributed by atoms with Crippen molar-refractivity contribution >= 4 is 35.6 Å². The maximum Gasteiger partial charge on any atom is 0.213 e. The first-order valence-electron chi connectivity index (χ1n) is 9.13. The molecule has 1 aromatic carbocycles. The number of halogens is 1. The number of rotatable bonds is 5. The summed E-state index contributed by atoms with van der Waals surface area (Å²) in [5, 5.41) is 6.54. The molecule has 0 bridgehead atoms.